The second-order valence-corrected chi connectivity index (χ2v) is 5.17. The smallest absolute Gasteiger partial charge is 0.341 e. The molecule has 22 heavy (non-hydrogen) atoms. The fraction of sp³-hybridized carbons (Fsp3) is 0.438. The molecule has 1 atom stereocenters. The Kier molecular flexibility index (Phi) is 5.14. The Hall–Kier alpha value is -2.37. The fourth-order valence-corrected chi connectivity index (χ4v) is 2.28. The lowest BCUT2D eigenvalue weighted by molar-refractivity contribution is 0.0527. The van der Waals surface area contributed by atoms with Gasteiger partial charge in [0.1, 0.15) is 17.1 Å². The minimum absolute atomic E-state index is 0.0693. The molecular weight excluding hydrogens is 282 g/mol. The van der Waals surface area contributed by atoms with E-state index in [0.717, 1.165) is 23.4 Å². The molecule has 0 aliphatic rings. The van der Waals surface area contributed by atoms with Crippen LogP contribution in [0.1, 0.15) is 41.2 Å². The molecule has 1 N–H and O–H groups in total. The molecule has 2 aromatic heterocycles. The lowest BCUT2D eigenvalue weighted by atomic mass is 10.1. The monoisotopic (exact) mass is 303 g/mol. The molecule has 0 amide bonds. The summed E-state index contributed by atoms with van der Waals surface area (Å²) >= 11 is 0. The zero-order chi connectivity index (χ0) is 16.1. The summed E-state index contributed by atoms with van der Waals surface area (Å²) in [5.41, 5.74) is 2.40. The van der Waals surface area contributed by atoms with Gasteiger partial charge in [0.15, 0.2) is 0 Å². The molecule has 0 aromatic carbocycles. The van der Waals surface area contributed by atoms with E-state index < -0.39 is 0 Å². The van der Waals surface area contributed by atoms with Crippen molar-refractivity contribution in [3.8, 4) is 0 Å². The first-order valence-electron chi connectivity index (χ1n) is 7.33. The zero-order valence-electron chi connectivity index (χ0n) is 13.3. The van der Waals surface area contributed by atoms with Crippen molar-refractivity contribution in [3.05, 3.63) is 40.9 Å². The average molecular weight is 303 g/mol. The maximum absolute atomic E-state index is 11.9. The highest BCUT2D eigenvalue weighted by atomic mass is 16.5. The van der Waals surface area contributed by atoms with Crippen LogP contribution >= 0.6 is 0 Å². The summed E-state index contributed by atoms with van der Waals surface area (Å²) in [6, 6.07) is 3.49. The molecule has 1 unspecified atom stereocenters. The van der Waals surface area contributed by atoms with Crippen molar-refractivity contribution in [1.29, 1.82) is 0 Å². The number of hydrogen-bond donors (Lipinski definition) is 1. The van der Waals surface area contributed by atoms with Gasteiger partial charge in [-0.25, -0.2) is 9.78 Å². The van der Waals surface area contributed by atoms with Crippen LogP contribution < -0.4 is 5.32 Å². The number of rotatable bonds is 6. The first-order valence-corrected chi connectivity index (χ1v) is 7.33. The van der Waals surface area contributed by atoms with Gasteiger partial charge in [0.25, 0.3) is 0 Å². The summed E-state index contributed by atoms with van der Waals surface area (Å²) in [6.07, 6.45) is 2.38. The van der Waals surface area contributed by atoms with Crippen LogP contribution in [0, 0.1) is 13.8 Å². The molecule has 0 saturated carbocycles. The van der Waals surface area contributed by atoms with E-state index in [9.17, 15) is 4.79 Å². The molecule has 118 valence electrons. The second kappa shape index (κ2) is 7.06. The van der Waals surface area contributed by atoms with Crippen LogP contribution in [0.4, 0.5) is 5.82 Å². The molecule has 6 nitrogen and oxygen atoms in total. The number of nitrogens with zero attached hydrogens (tertiary/aromatic N) is 2. The Bertz CT molecular complexity index is 632. The number of carbonyl (C=O) groups excluding carboxylic acids is 1. The van der Waals surface area contributed by atoms with E-state index in [4.69, 9.17) is 9.26 Å². The quantitative estimate of drug-likeness (QED) is 0.827. The molecule has 6 heteroatoms. The molecule has 0 spiro atoms. The largest absolute Gasteiger partial charge is 0.462 e. The summed E-state index contributed by atoms with van der Waals surface area (Å²) < 4.78 is 10.2. The molecule has 2 rings (SSSR count). The number of carbonyl (C=O) groups is 1. The molecule has 0 aliphatic carbocycles. The van der Waals surface area contributed by atoms with Crippen molar-refractivity contribution < 1.29 is 14.1 Å². The van der Waals surface area contributed by atoms with Crippen molar-refractivity contribution in [2.75, 3.05) is 11.9 Å². The van der Waals surface area contributed by atoms with Gasteiger partial charge in [-0.1, -0.05) is 5.16 Å². The topological polar surface area (TPSA) is 77.2 Å². The normalized spacial score (nSPS) is 12.0. The van der Waals surface area contributed by atoms with Crippen LogP contribution in [0.2, 0.25) is 0 Å². The minimum Gasteiger partial charge on any atom is -0.462 e. The number of hydrogen-bond acceptors (Lipinski definition) is 6. The second-order valence-electron chi connectivity index (χ2n) is 5.17. The third-order valence-corrected chi connectivity index (χ3v) is 3.38. The van der Waals surface area contributed by atoms with Gasteiger partial charge in [0.05, 0.1) is 12.3 Å². The van der Waals surface area contributed by atoms with E-state index in [1.165, 1.54) is 0 Å². The van der Waals surface area contributed by atoms with E-state index in [1.54, 1.807) is 25.3 Å². The van der Waals surface area contributed by atoms with Gasteiger partial charge >= 0.3 is 5.97 Å². The van der Waals surface area contributed by atoms with E-state index in [1.807, 2.05) is 20.8 Å². The van der Waals surface area contributed by atoms with E-state index >= 15 is 0 Å². The first-order chi connectivity index (χ1) is 10.5. The number of pyridine rings is 1. The summed E-state index contributed by atoms with van der Waals surface area (Å²) in [6.45, 7) is 7.95. The highest BCUT2D eigenvalue weighted by Crippen LogP contribution is 2.18. The lowest BCUT2D eigenvalue weighted by Gasteiger charge is -2.16. The number of aryl methyl sites for hydroxylation is 2. The van der Waals surface area contributed by atoms with E-state index in [0.29, 0.717) is 18.0 Å². The van der Waals surface area contributed by atoms with Crippen LogP contribution in [0.15, 0.2) is 22.9 Å². The van der Waals surface area contributed by atoms with Crippen LogP contribution in [0.25, 0.3) is 0 Å². The predicted octanol–water partition coefficient (Wildman–Crippen LogP) is 2.91. The van der Waals surface area contributed by atoms with Gasteiger partial charge in [0.2, 0.25) is 0 Å². The molecule has 2 aromatic rings. The number of esters is 1. The van der Waals surface area contributed by atoms with Gasteiger partial charge < -0.3 is 14.6 Å². The lowest BCUT2D eigenvalue weighted by Crippen LogP contribution is -2.21. The van der Waals surface area contributed by atoms with Gasteiger partial charge in [-0.3, -0.25) is 0 Å². The van der Waals surface area contributed by atoms with Gasteiger partial charge in [0, 0.05) is 17.8 Å². The Morgan fingerprint density at radius 2 is 2.23 bits per heavy atom. The van der Waals surface area contributed by atoms with Crippen LogP contribution in [-0.4, -0.2) is 28.8 Å². The molecule has 0 bridgehead atoms. The van der Waals surface area contributed by atoms with E-state index in [2.05, 4.69) is 15.5 Å². The number of anilines is 1. The van der Waals surface area contributed by atoms with Crippen molar-refractivity contribution in [1.82, 2.24) is 10.1 Å². The number of ether oxygens (including phenoxy) is 1. The summed E-state index contributed by atoms with van der Waals surface area (Å²) in [4.78, 5) is 16.2. The number of aromatic nitrogens is 2. The molecule has 2 heterocycles. The zero-order valence-corrected chi connectivity index (χ0v) is 13.3. The SMILES string of the molecule is CCOC(=O)c1cccnc1NC(C)Cc1c(C)noc1C. The van der Waals surface area contributed by atoms with Gasteiger partial charge in [-0.05, 0) is 46.2 Å². The van der Waals surface area contributed by atoms with Gasteiger partial charge in [-0.2, -0.15) is 0 Å². The Balaban J connectivity index is 2.12. The van der Waals surface area contributed by atoms with Crippen molar-refractivity contribution in [2.45, 2.75) is 40.2 Å². The standard InChI is InChI=1S/C16H21N3O3/c1-5-21-16(20)13-7-6-8-17-15(13)18-10(2)9-14-11(3)19-22-12(14)4/h6-8,10H,5,9H2,1-4H3,(H,17,18). The summed E-state index contributed by atoms with van der Waals surface area (Å²) in [5, 5.41) is 7.21. The summed E-state index contributed by atoms with van der Waals surface area (Å²) in [5.74, 6) is 0.973. The van der Waals surface area contributed by atoms with Crippen molar-refractivity contribution in [3.63, 3.8) is 0 Å². The average Bonchev–Trinajstić information content (AvgIpc) is 2.80. The summed E-state index contributed by atoms with van der Waals surface area (Å²) in [7, 11) is 0. The van der Waals surface area contributed by atoms with Crippen LogP contribution in [0.3, 0.4) is 0 Å². The highest BCUT2D eigenvalue weighted by molar-refractivity contribution is 5.94. The molecule has 0 saturated heterocycles. The molecule has 0 fully saturated rings. The fourth-order valence-electron chi connectivity index (χ4n) is 2.28. The highest BCUT2D eigenvalue weighted by Gasteiger charge is 2.17. The Morgan fingerprint density at radius 3 is 2.86 bits per heavy atom. The molecular formula is C16H21N3O3. The Labute approximate surface area is 129 Å². The van der Waals surface area contributed by atoms with Gasteiger partial charge in [-0.15, -0.1) is 0 Å². The predicted molar refractivity (Wildman–Crippen MR) is 83.0 cm³/mol. The molecule has 0 radical (unpaired) electrons. The van der Waals surface area contributed by atoms with Crippen LogP contribution in [0.5, 0.6) is 0 Å². The van der Waals surface area contributed by atoms with E-state index in [-0.39, 0.29) is 12.0 Å². The Morgan fingerprint density at radius 1 is 1.45 bits per heavy atom. The van der Waals surface area contributed by atoms with Crippen molar-refractivity contribution >= 4 is 11.8 Å². The third kappa shape index (κ3) is 3.63. The molecule has 0 aliphatic heterocycles. The third-order valence-electron chi connectivity index (χ3n) is 3.38. The number of nitrogens with one attached hydrogen (secondary N) is 1. The maximum Gasteiger partial charge on any atom is 0.341 e. The first kappa shape index (κ1) is 16.0. The maximum atomic E-state index is 11.9. The van der Waals surface area contributed by atoms with Crippen LogP contribution in [-0.2, 0) is 11.2 Å². The van der Waals surface area contributed by atoms with Crippen molar-refractivity contribution in [2.24, 2.45) is 0 Å². The minimum atomic E-state index is -0.373.